The fraction of sp³-hybridized carbons (Fsp3) is 1.00. The third-order valence-corrected chi connectivity index (χ3v) is 11.5. The standard InChI is InChI=1S/C26H48NO2/c1-23(2)19-9-11-25(23,5)21(17-19)28-15-13-27(7,8)14-16-29-22-18-20-10-12-26(22,6)24(20,3)4/h19-22H,9-18H2,1-8H3/q+1/t19-,20+,21-,22-,25+,26+/m0/s1. The average Bonchev–Trinajstić information content (AvgIpc) is 3.13. The van der Waals surface area contributed by atoms with E-state index in [1.54, 1.807) is 0 Å². The molecule has 0 aromatic carbocycles. The van der Waals surface area contributed by atoms with Crippen LogP contribution in [0.15, 0.2) is 0 Å². The van der Waals surface area contributed by atoms with Gasteiger partial charge in [0.1, 0.15) is 13.1 Å². The molecule has 0 amide bonds. The summed E-state index contributed by atoms with van der Waals surface area (Å²) in [7, 11) is 4.68. The monoisotopic (exact) mass is 406 g/mol. The van der Waals surface area contributed by atoms with Crippen LogP contribution in [0, 0.1) is 33.5 Å². The lowest BCUT2D eigenvalue weighted by atomic mass is 9.70. The van der Waals surface area contributed by atoms with Gasteiger partial charge in [0, 0.05) is 0 Å². The van der Waals surface area contributed by atoms with Gasteiger partial charge in [-0.1, -0.05) is 41.5 Å². The second kappa shape index (κ2) is 6.94. The summed E-state index contributed by atoms with van der Waals surface area (Å²) in [5.41, 5.74) is 1.64. The van der Waals surface area contributed by atoms with Gasteiger partial charge in [-0.2, -0.15) is 0 Å². The quantitative estimate of drug-likeness (QED) is 0.494. The van der Waals surface area contributed by atoms with Gasteiger partial charge in [0.05, 0.1) is 39.5 Å². The number of nitrogens with zero attached hydrogens (tertiary/aromatic N) is 1. The molecule has 6 atom stereocenters. The zero-order valence-corrected chi connectivity index (χ0v) is 20.6. The van der Waals surface area contributed by atoms with E-state index in [1.807, 2.05) is 0 Å². The predicted molar refractivity (Wildman–Crippen MR) is 120 cm³/mol. The molecule has 0 aromatic rings. The van der Waals surface area contributed by atoms with Gasteiger partial charge in [-0.05, 0) is 72.0 Å². The van der Waals surface area contributed by atoms with Gasteiger partial charge in [-0.15, -0.1) is 0 Å². The Morgan fingerprint density at radius 3 is 1.34 bits per heavy atom. The summed E-state index contributed by atoms with van der Waals surface area (Å²) in [4.78, 5) is 0. The minimum atomic E-state index is 0.377. The predicted octanol–water partition coefficient (Wildman–Crippen LogP) is 5.53. The Labute approximate surface area is 180 Å². The van der Waals surface area contributed by atoms with Crippen molar-refractivity contribution in [3.63, 3.8) is 0 Å². The molecule has 3 nitrogen and oxygen atoms in total. The number of ether oxygens (including phenoxy) is 2. The lowest BCUT2D eigenvalue weighted by Crippen LogP contribution is -2.47. The molecule has 4 rings (SSSR count). The molecule has 168 valence electrons. The van der Waals surface area contributed by atoms with Crippen molar-refractivity contribution in [2.45, 2.75) is 92.3 Å². The maximum Gasteiger partial charge on any atom is 0.102 e. The summed E-state index contributed by atoms with van der Waals surface area (Å²) >= 11 is 0. The number of rotatable bonds is 8. The molecule has 0 N–H and O–H groups in total. The summed E-state index contributed by atoms with van der Waals surface area (Å²) in [5, 5.41) is 0. The zero-order chi connectivity index (χ0) is 21.3. The highest BCUT2D eigenvalue weighted by Crippen LogP contribution is 2.67. The Bertz CT molecular complexity index is 574. The molecule has 0 unspecified atom stereocenters. The molecule has 0 aliphatic heterocycles. The summed E-state index contributed by atoms with van der Waals surface area (Å²) in [6.45, 7) is 18.8. The fourth-order valence-corrected chi connectivity index (χ4v) is 7.76. The van der Waals surface area contributed by atoms with Gasteiger partial charge in [-0.3, -0.25) is 0 Å². The lowest BCUT2D eigenvalue weighted by Gasteiger charge is -2.40. The van der Waals surface area contributed by atoms with E-state index in [9.17, 15) is 0 Å². The van der Waals surface area contributed by atoms with E-state index in [1.165, 1.54) is 38.5 Å². The van der Waals surface area contributed by atoms with Crippen molar-refractivity contribution in [3.05, 3.63) is 0 Å². The topological polar surface area (TPSA) is 18.5 Å². The minimum Gasteiger partial charge on any atom is -0.372 e. The first-order valence-electron chi connectivity index (χ1n) is 12.4. The maximum absolute atomic E-state index is 6.52. The largest absolute Gasteiger partial charge is 0.372 e. The zero-order valence-electron chi connectivity index (χ0n) is 20.6. The normalized spacial score (nSPS) is 44.7. The van der Waals surface area contributed by atoms with Crippen molar-refractivity contribution in [2.75, 3.05) is 40.4 Å². The van der Waals surface area contributed by atoms with Crippen molar-refractivity contribution in [2.24, 2.45) is 33.5 Å². The first-order valence-corrected chi connectivity index (χ1v) is 12.4. The highest BCUT2D eigenvalue weighted by Gasteiger charge is 2.62. The summed E-state index contributed by atoms with van der Waals surface area (Å²) in [5.74, 6) is 1.72. The highest BCUT2D eigenvalue weighted by atomic mass is 16.5. The van der Waals surface area contributed by atoms with E-state index in [-0.39, 0.29) is 0 Å². The van der Waals surface area contributed by atoms with Crippen LogP contribution in [0.2, 0.25) is 0 Å². The van der Waals surface area contributed by atoms with Crippen molar-refractivity contribution in [3.8, 4) is 0 Å². The van der Waals surface area contributed by atoms with Crippen LogP contribution < -0.4 is 0 Å². The smallest absolute Gasteiger partial charge is 0.102 e. The Morgan fingerprint density at radius 1 is 0.690 bits per heavy atom. The summed E-state index contributed by atoms with van der Waals surface area (Å²) < 4.78 is 14.0. The van der Waals surface area contributed by atoms with E-state index in [2.05, 4.69) is 55.6 Å². The number of hydrogen-bond donors (Lipinski definition) is 0. The van der Waals surface area contributed by atoms with Crippen LogP contribution in [0.25, 0.3) is 0 Å². The fourth-order valence-electron chi connectivity index (χ4n) is 7.76. The van der Waals surface area contributed by atoms with Gasteiger partial charge in [0.25, 0.3) is 0 Å². The Hall–Kier alpha value is -0.120. The molecule has 4 saturated carbocycles. The Balaban J connectivity index is 1.21. The van der Waals surface area contributed by atoms with Crippen molar-refractivity contribution >= 4 is 0 Å². The molecule has 29 heavy (non-hydrogen) atoms. The third-order valence-electron chi connectivity index (χ3n) is 11.5. The number of hydrogen-bond acceptors (Lipinski definition) is 2. The van der Waals surface area contributed by atoms with Gasteiger partial charge < -0.3 is 14.0 Å². The third kappa shape index (κ3) is 3.24. The van der Waals surface area contributed by atoms with Crippen LogP contribution in [-0.2, 0) is 9.47 Å². The van der Waals surface area contributed by atoms with Gasteiger partial charge in [0.15, 0.2) is 0 Å². The molecule has 0 radical (unpaired) electrons. The SMILES string of the molecule is CC1(C)[C@@H]2CC[C@]1(C)[C@@H](OCC[N+](C)(C)CCO[C@H]1C[C@@H]3CC[C@@]1(C)C3(C)C)C2. The number of likely N-dealkylation sites (N-methyl/N-ethyl adjacent to an activating group) is 1. The van der Waals surface area contributed by atoms with E-state index in [4.69, 9.17) is 9.47 Å². The molecule has 0 heterocycles. The van der Waals surface area contributed by atoms with E-state index >= 15 is 0 Å². The van der Waals surface area contributed by atoms with Gasteiger partial charge >= 0.3 is 0 Å². The molecule has 4 aliphatic carbocycles. The molecule has 0 spiro atoms. The maximum atomic E-state index is 6.52. The lowest BCUT2D eigenvalue weighted by molar-refractivity contribution is -0.891. The van der Waals surface area contributed by atoms with E-state index < -0.39 is 0 Å². The molecule has 4 fully saturated rings. The number of fused-ring (bicyclic) bond motifs is 4. The van der Waals surface area contributed by atoms with Crippen LogP contribution in [-0.4, -0.2) is 57.1 Å². The Morgan fingerprint density at radius 2 is 1.07 bits per heavy atom. The summed E-state index contributed by atoms with van der Waals surface area (Å²) in [6, 6.07) is 0. The second-order valence-electron chi connectivity index (χ2n) is 13.3. The van der Waals surface area contributed by atoms with Crippen molar-refractivity contribution in [1.29, 1.82) is 0 Å². The van der Waals surface area contributed by atoms with E-state index in [0.717, 1.165) is 42.6 Å². The first-order chi connectivity index (χ1) is 13.3. The van der Waals surface area contributed by atoms with Crippen LogP contribution in [0.1, 0.15) is 80.1 Å². The van der Waals surface area contributed by atoms with Crippen molar-refractivity contribution < 1.29 is 14.0 Å². The second-order valence-corrected chi connectivity index (χ2v) is 13.3. The van der Waals surface area contributed by atoms with E-state index in [0.29, 0.717) is 33.9 Å². The van der Waals surface area contributed by atoms with Crippen molar-refractivity contribution in [1.82, 2.24) is 0 Å². The van der Waals surface area contributed by atoms with Gasteiger partial charge in [0.2, 0.25) is 0 Å². The molecule has 4 bridgehead atoms. The molecule has 3 heteroatoms. The van der Waals surface area contributed by atoms with Crippen LogP contribution in [0.3, 0.4) is 0 Å². The molecule has 0 saturated heterocycles. The van der Waals surface area contributed by atoms with Gasteiger partial charge in [-0.25, -0.2) is 0 Å². The Kier molecular flexibility index (Phi) is 5.28. The number of quaternary nitrogens is 1. The average molecular weight is 407 g/mol. The first kappa shape index (κ1) is 22.1. The van der Waals surface area contributed by atoms with Crippen LogP contribution >= 0.6 is 0 Å². The highest BCUT2D eigenvalue weighted by molar-refractivity contribution is 5.12. The molecular formula is C26H48NO2+. The van der Waals surface area contributed by atoms with Crippen LogP contribution in [0.4, 0.5) is 0 Å². The van der Waals surface area contributed by atoms with Crippen LogP contribution in [0.5, 0.6) is 0 Å². The molecule has 0 aromatic heterocycles. The summed E-state index contributed by atoms with van der Waals surface area (Å²) in [6.07, 6.45) is 8.97. The molecule has 4 aliphatic rings. The minimum absolute atomic E-state index is 0.377. The molecular weight excluding hydrogens is 358 g/mol.